The molecule has 1 heterocycles. The van der Waals surface area contributed by atoms with Crippen LogP contribution in [-0.2, 0) is 13.0 Å². The Morgan fingerprint density at radius 3 is 3.06 bits per heavy atom. The Bertz CT molecular complexity index is 395. The van der Waals surface area contributed by atoms with E-state index in [9.17, 15) is 0 Å². The topological polar surface area (TPSA) is 21.3 Å². The Hall–Kier alpha value is -0.440. The summed E-state index contributed by atoms with van der Waals surface area (Å²) in [5.74, 6) is 2.17. The molecule has 0 aromatic heterocycles. The zero-order valence-electron chi connectivity index (χ0n) is 9.93. The number of hydrogen-bond donors (Lipinski definition) is 1. The number of benzene rings is 1. The molecule has 2 rings (SSSR count). The molecule has 1 N–H and O–H groups in total. The smallest absolute Gasteiger partial charge is 0.127 e. The summed E-state index contributed by atoms with van der Waals surface area (Å²) in [5.41, 5.74) is 2.37. The van der Waals surface area contributed by atoms with E-state index in [4.69, 9.17) is 27.9 Å². The van der Waals surface area contributed by atoms with Crippen LogP contribution in [-0.4, -0.2) is 19.0 Å². The zero-order chi connectivity index (χ0) is 12.3. The van der Waals surface area contributed by atoms with Gasteiger partial charge in [-0.2, -0.15) is 0 Å². The van der Waals surface area contributed by atoms with Gasteiger partial charge in [0.1, 0.15) is 5.75 Å². The minimum absolute atomic E-state index is 0.477. The normalized spacial score (nSPS) is 15.5. The largest absolute Gasteiger partial charge is 0.493 e. The maximum atomic E-state index is 6.09. The minimum Gasteiger partial charge on any atom is -0.493 e. The average Bonchev–Trinajstić information content (AvgIpc) is 2.76. The first-order chi connectivity index (χ1) is 8.20. The van der Waals surface area contributed by atoms with Crippen LogP contribution in [0.2, 0.25) is 5.02 Å². The number of hydrogen-bond acceptors (Lipinski definition) is 2. The first kappa shape index (κ1) is 13.0. The lowest BCUT2D eigenvalue weighted by Gasteiger charge is -2.12. The minimum atomic E-state index is 0.477. The van der Waals surface area contributed by atoms with Gasteiger partial charge in [-0.3, -0.25) is 0 Å². The molecule has 0 saturated heterocycles. The van der Waals surface area contributed by atoms with Crippen molar-refractivity contribution < 1.29 is 4.74 Å². The van der Waals surface area contributed by atoms with Crippen molar-refractivity contribution >= 4 is 23.2 Å². The van der Waals surface area contributed by atoms with Crippen molar-refractivity contribution in [2.45, 2.75) is 19.9 Å². The summed E-state index contributed by atoms with van der Waals surface area (Å²) in [5, 5.41) is 4.17. The molecule has 1 atom stereocenters. The Kier molecular flexibility index (Phi) is 4.55. The average molecular weight is 274 g/mol. The van der Waals surface area contributed by atoms with Crippen LogP contribution >= 0.6 is 23.2 Å². The quantitative estimate of drug-likeness (QED) is 0.832. The van der Waals surface area contributed by atoms with Crippen molar-refractivity contribution in [3.05, 3.63) is 28.3 Å². The van der Waals surface area contributed by atoms with Crippen molar-refractivity contribution in [1.82, 2.24) is 5.32 Å². The van der Waals surface area contributed by atoms with E-state index in [1.165, 1.54) is 5.56 Å². The molecule has 1 aliphatic heterocycles. The highest BCUT2D eigenvalue weighted by Crippen LogP contribution is 2.32. The second-order valence-corrected chi connectivity index (χ2v) is 5.29. The summed E-state index contributed by atoms with van der Waals surface area (Å²) in [6.07, 6.45) is 0.959. The molecule has 2 nitrogen and oxygen atoms in total. The number of alkyl halides is 1. The van der Waals surface area contributed by atoms with Gasteiger partial charge in [0, 0.05) is 29.4 Å². The summed E-state index contributed by atoms with van der Waals surface area (Å²) < 4.78 is 5.64. The predicted octanol–water partition coefficient (Wildman–Crippen LogP) is 3.24. The van der Waals surface area contributed by atoms with E-state index in [1.54, 1.807) is 0 Å². The molecule has 0 aliphatic carbocycles. The van der Waals surface area contributed by atoms with Crippen LogP contribution in [0.1, 0.15) is 18.1 Å². The molecule has 0 saturated carbocycles. The summed E-state index contributed by atoms with van der Waals surface area (Å²) in [4.78, 5) is 0. The van der Waals surface area contributed by atoms with Crippen LogP contribution in [0.5, 0.6) is 5.75 Å². The van der Waals surface area contributed by atoms with Gasteiger partial charge in [-0.1, -0.05) is 18.5 Å². The fourth-order valence-electron chi connectivity index (χ4n) is 1.99. The molecule has 0 amide bonds. The third-order valence-corrected chi connectivity index (χ3v) is 3.64. The number of rotatable bonds is 5. The number of ether oxygens (including phenoxy) is 1. The van der Waals surface area contributed by atoms with E-state index in [0.717, 1.165) is 42.5 Å². The molecule has 17 heavy (non-hydrogen) atoms. The Morgan fingerprint density at radius 2 is 2.29 bits per heavy atom. The lowest BCUT2D eigenvalue weighted by Crippen LogP contribution is -2.21. The fourth-order valence-corrected chi connectivity index (χ4v) is 2.36. The van der Waals surface area contributed by atoms with Crippen LogP contribution in [0, 0.1) is 5.92 Å². The highest BCUT2D eigenvalue weighted by atomic mass is 35.5. The van der Waals surface area contributed by atoms with Crippen molar-refractivity contribution in [2.24, 2.45) is 5.92 Å². The van der Waals surface area contributed by atoms with Crippen LogP contribution < -0.4 is 10.1 Å². The third kappa shape index (κ3) is 3.27. The Balaban J connectivity index is 2.01. The molecule has 1 unspecified atom stereocenters. The first-order valence-corrected chi connectivity index (χ1v) is 6.82. The summed E-state index contributed by atoms with van der Waals surface area (Å²) >= 11 is 11.9. The van der Waals surface area contributed by atoms with Crippen LogP contribution in [0.25, 0.3) is 0 Å². The van der Waals surface area contributed by atoms with E-state index in [-0.39, 0.29) is 0 Å². The number of fused-ring (bicyclic) bond motifs is 1. The summed E-state index contributed by atoms with van der Waals surface area (Å²) in [6, 6.07) is 3.97. The molecule has 1 aromatic rings. The molecular weight excluding hydrogens is 257 g/mol. The van der Waals surface area contributed by atoms with Crippen LogP contribution in [0.15, 0.2) is 12.1 Å². The first-order valence-electron chi connectivity index (χ1n) is 5.91. The maximum Gasteiger partial charge on any atom is 0.127 e. The lowest BCUT2D eigenvalue weighted by molar-refractivity contribution is 0.352. The Labute approximate surface area is 112 Å². The van der Waals surface area contributed by atoms with E-state index in [2.05, 4.69) is 12.2 Å². The van der Waals surface area contributed by atoms with Gasteiger partial charge in [-0.15, -0.1) is 11.6 Å². The van der Waals surface area contributed by atoms with Crippen molar-refractivity contribution in [3.8, 4) is 5.75 Å². The molecule has 1 aliphatic rings. The van der Waals surface area contributed by atoms with Gasteiger partial charge in [-0.25, -0.2) is 0 Å². The molecular formula is C13H17Cl2NO. The van der Waals surface area contributed by atoms with E-state index in [0.29, 0.717) is 11.8 Å². The standard InChI is InChI=1S/C13H17Cl2NO/c1-9(6-14)7-16-8-11-5-12(15)4-10-2-3-17-13(10)11/h4-5,9,16H,2-3,6-8H2,1H3. The Morgan fingerprint density at radius 1 is 1.47 bits per heavy atom. The molecule has 0 spiro atoms. The van der Waals surface area contributed by atoms with Crippen molar-refractivity contribution in [2.75, 3.05) is 19.0 Å². The van der Waals surface area contributed by atoms with Gasteiger partial charge in [0.2, 0.25) is 0 Å². The zero-order valence-corrected chi connectivity index (χ0v) is 11.4. The summed E-state index contributed by atoms with van der Waals surface area (Å²) in [7, 11) is 0. The van der Waals surface area contributed by atoms with Crippen molar-refractivity contribution in [3.63, 3.8) is 0 Å². The highest BCUT2D eigenvalue weighted by Gasteiger charge is 2.17. The molecule has 4 heteroatoms. The van der Waals surface area contributed by atoms with E-state index in [1.807, 2.05) is 12.1 Å². The van der Waals surface area contributed by atoms with Gasteiger partial charge in [0.05, 0.1) is 6.61 Å². The van der Waals surface area contributed by atoms with Crippen LogP contribution in [0.3, 0.4) is 0 Å². The van der Waals surface area contributed by atoms with Gasteiger partial charge >= 0.3 is 0 Å². The number of halogens is 2. The third-order valence-electron chi connectivity index (χ3n) is 2.90. The van der Waals surface area contributed by atoms with E-state index >= 15 is 0 Å². The number of nitrogens with one attached hydrogen (secondary N) is 1. The second kappa shape index (κ2) is 5.94. The molecule has 94 valence electrons. The van der Waals surface area contributed by atoms with Gasteiger partial charge in [-0.05, 0) is 30.2 Å². The molecule has 1 aromatic carbocycles. The van der Waals surface area contributed by atoms with Gasteiger partial charge in [0.25, 0.3) is 0 Å². The monoisotopic (exact) mass is 273 g/mol. The molecule has 0 fully saturated rings. The SMILES string of the molecule is CC(CCl)CNCc1cc(Cl)cc2c1OCC2. The lowest BCUT2D eigenvalue weighted by atomic mass is 10.1. The highest BCUT2D eigenvalue weighted by molar-refractivity contribution is 6.30. The van der Waals surface area contributed by atoms with Gasteiger partial charge < -0.3 is 10.1 Å². The molecule has 0 radical (unpaired) electrons. The fraction of sp³-hybridized carbons (Fsp3) is 0.538. The predicted molar refractivity (Wildman–Crippen MR) is 72.2 cm³/mol. The van der Waals surface area contributed by atoms with Crippen LogP contribution in [0.4, 0.5) is 0 Å². The summed E-state index contributed by atoms with van der Waals surface area (Å²) in [6.45, 7) is 4.58. The second-order valence-electron chi connectivity index (χ2n) is 4.54. The molecule has 0 bridgehead atoms. The maximum absolute atomic E-state index is 6.09. The van der Waals surface area contributed by atoms with Crippen molar-refractivity contribution in [1.29, 1.82) is 0 Å². The van der Waals surface area contributed by atoms with Gasteiger partial charge in [0.15, 0.2) is 0 Å². The van der Waals surface area contributed by atoms with E-state index < -0.39 is 0 Å².